The van der Waals surface area contributed by atoms with Crippen LogP contribution in [0, 0.1) is 13.8 Å². The average Bonchev–Trinajstić information content (AvgIpc) is 2.81. The van der Waals surface area contributed by atoms with E-state index in [9.17, 15) is 13.2 Å². The Morgan fingerprint density at radius 3 is 2.06 bits per heavy atom. The maximum absolute atomic E-state index is 13.4. The van der Waals surface area contributed by atoms with Gasteiger partial charge in [0.15, 0.2) is 11.5 Å². The zero-order valence-electron chi connectivity index (χ0n) is 18.9. The van der Waals surface area contributed by atoms with E-state index in [0.29, 0.717) is 17.2 Å². The summed E-state index contributed by atoms with van der Waals surface area (Å²) in [5.74, 6) is 0.728. The Morgan fingerprint density at radius 1 is 0.879 bits per heavy atom. The molecule has 0 atom stereocenters. The molecule has 3 aromatic carbocycles. The molecule has 3 rings (SSSR count). The van der Waals surface area contributed by atoms with E-state index in [1.165, 1.54) is 0 Å². The van der Waals surface area contributed by atoms with Crippen molar-refractivity contribution in [2.24, 2.45) is 0 Å². The number of benzene rings is 3. The first kappa shape index (κ1) is 24.1. The third-order valence-corrected chi connectivity index (χ3v) is 6.76. The van der Waals surface area contributed by atoms with Gasteiger partial charge >= 0.3 is 0 Å². The van der Waals surface area contributed by atoms with Gasteiger partial charge < -0.3 is 14.8 Å². The highest BCUT2D eigenvalue weighted by Crippen LogP contribution is 2.26. The molecule has 174 valence electrons. The lowest BCUT2D eigenvalue weighted by atomic mass is 10.2. The number of methoxy groups -OCH3 is 1. The Morgan fingerprint density at radius 2 is 1.45 bits per heavy atom. The number of sulfonamides is 1. The van der Waals surface area contributed by atoms with Crippen LogP contribution < -0.4 is 19.1 Å². The van der Waals surface area contributed by atoms with Gasteiger partial charge in [-0.25, -0.2) is 8.42 Å². The summed E-state index contributed by atoms with van der Waals surface area (Å²) in [5, 5.41) is 2.72. The minimum Gasteiger partial charge on any atom is -0.493 e. The third kappa shape index (κ3) is 6.26. The number of anilines is 1. The molecule has 0 saturated heterocycles. The van der Waals surface area contributed by atoms with Crippen LogP contribution in [0.5, 0.6) is 11.5 Å². The van der Waals surface area contributed by atoms with Gasteiger partial charge in [-0.2, -0.15) is 0 Å². The van der Waals surface area contributed by atoms with E-state index in [-0.39, 0.29) is 24.6 Å². The molecule has 0 radical (unpaired) electrons. The largest absolute Gasteiger partial charge is 0.493 e. The monoisotopic (exact) mass is 468 g/mol. The number of hydrogen-bond donors (Lipinski definition) is 1. The smallest absolute Gasteiger partial charge is 0.264 e. The van der Waals surface area contributed by atoms with Gasteiger partial charge in [0.05, 0.1) is 24.2 Å². The molecule has 0 fully saturated rings. The van der Waals surface area contributed by atoms with E-state index < -0.39 is 15.9 Å². The lowest BCUT2D eigenvalue weighted by molar-refractivity contribution is -0.119. The predicted molar refractivity (Wildman–Crippen MR) is 128 cm³/mol. The summed E-state index contributed by atoms with van der Waals surface area (Å²) < 4.78 is 38.7. The number of carbonyl (C=O) groups excluding carboxylic acids is 1. The van der Waals surface area contributed by atoms with Gasteiger partial charge in [0.25, 0.3) is 10.0 Å². The molecule has 0 aromatic heterocycles. The zero-order valence-corrected chi connectivity index (χ0v) is 19.8. The average molecular weight is 469 g/mol. The summed E-state index contributed by atoms with van der Waals surface area (Å²) in [5.41, 5.74) is 2.36. The van der Waals surface area contributed by atoms with Crippen molar-refractivity contribution >= 4 is 21.6 Å². The molecule has 0 aliphatic carbocycles. The van der Waals surface area contributed by atoms with Crippen molar-refractivity contribution in [1.29, 1.82) is 0 Å². The lowest BCUT2D eigenvalue weighted by Crippen LogP contribution is -2.41. The Kier molecular flexibility index (Phi) is 7.95. The summed E-state index contributed by atoms with van der Waals surface area (Å²) in [6.07, 6.45) is 0. The van der Waals surface area contributed by atoms with Crippen LogP contribution >= 0.6 is 0 Å². The standard InChI is InChI=1S/C25H28N2O5S/c1-19-8-12-21(13-9-19)27(33(29,30)22-14-10-20(2)11-15-22)18-25(28)26-16-17-32-24-7-5-4-6-23(24)31-3/h4-15H,16-18H2,1-3H3,(H,26,28). The molecule has 1 N–H and O–H groups in total. The Hall–Kier alpha value is -3.52. The molecule has 33 heavy (non-hydrogen) atoms. The number of amides is 1. The number of para-hydroxylation sites is 2. The number of carbonyl (C=O) groups is 1. The highest BCUT2D eigenvalue weighted by Gasteiger charge is 2.27. The van der Waals surface area contributed by atoms with E-state index in [1.54, 1.807) is 55.6 Å². The summed E-state index contributed by atoms with van der Waals surface area (Å²) >= 11 is 0. The third-order valence-electron chi connectivity index (χ3n) is 4.97. The van der Waals surface area contributed by atoms with Gasteiger partial charge in [0.2, 0.25) is 5.91 Å². The first-order chi connectivity index (χ1) is 15.8. The number of rotatable bonds is 10. The molecule has 0 bridgehead atoms. The maximum Gasteiger partial charge on any atom is 0.264 e. The molecule has 1 amide bonds. The quantitative estimate of drug-likeness (QED) is 0.459. The second-order valence-electron chi connectivity index (χ2n) is 7.51. The highest BCUT2D eigenvalue weighted by atomic mass is 32.2. The van der Waals surface area contributed by atoms with E-state index in [4.69, 9.17) is 9.47 Å². The van der Waals surface area contributed by atoms with Crippen LogP contribution in [0.1, 0.15) is 11.1 Å². The van der Waals surface area contributed by atoms with Crippen molar-refractivity contribution < 1.29 is 22.7 Å². The summed E-state index contributed by atoms with van der Waals surface area (Å²) in [4.78, 5) is 12.8. The van der Waals surface area contributed by atoms with Gasteiger partial charge in [-0.3, -0.25) is 9.10 Å². The van der Waals surface area contributed by atoms with E-state index in [0.717, 1.165) is 15.4 Å². The fraction of sp³-hybridized carbons (Fsp3) is 0.240. The molecule has 0 spiro atoms. The van der Waals surface area contributed by atoms with Crippen LogP contribution in [0.2, 0.25) is 0 Å². The minimum atomic E-state index is -3.94. The number of nitrogens with zero attached hydrogens (tertiary/aromatic N) is 1. The summed E-state index contributed by atoms with van der Waals surface area (Å²) in [6, 6.07) is 20.8. The number of aryl methyl sites for hydroxylation is 2. The van der Waals surface area contributed by atoms with Crippen LogP contribution in [0.15, 0.2) is 77.7 Å². The van der Waals surface area contributed by atoms with Crippen LogP contribution in [-0.2, 0) is 14.8 Å². The van der Waals surface area contributed by atoms with Gasteiger partial charge in [0.1, 0.15) is 13.2 Å². The Bertz CT molecular complexity index is 1180. The second kappa shape index (κ2) is 10.9. The van der Waals surface area contributed by atoms with Crippen molar-refractivity contribution in [1.82, 2.24) is 5.32 Å². The Balaban J connectivity index is 1.70. The van der Waals surface area contributed by atoms with Crippen molar-refractivity contribution in [3.63, 3.8) is 0 Å². The number of ether oxygens (including phenoxy) is 2. The van der Waals surface area contributed by atoms with E-state index in [1.807, 2.05) is 38.1 Å². The van der Waals surface area contributed by atoms with Crippen LogP contribution in [0.3, 0.4) is 0 Å². The van der Waals surface area contributed by atoms with Crippen molar-refractivity contribution in [3.05, 3.63) is 83.9 Å². The first-order valence-corrected chi connectivity index (χ1v) is 11.9. The molecule has 3 aromatic rings. The van der Waals surface area contributed by atoms with E-state index in [2.05, 4.69) is 5.32 Å². The summed E-state index contributed by atoms with van der Waals surface area (Å²) in [6.45, 7) is 3.87. The molecular weight excluding hydrogens is 440 g/mol. The van der Waals surface area contributed by atoms with E-state index >= 15 is 0 Å². The van der Waals surface area contributed by atoms with Crippen LogP contribution in [0.4, 0.5) is 5.69 Å². The molecule has 0 aliphatic heterocycles. The number of nitrogens with one attached hydrogen (secondary N) is 1. The van der Waals surface area contributed by atoms with Crippen molar-refractivity contribution in [2.75, 3.05) is 31.1 Å². The van der Waals surface area contributed by atoms with Crippen molar-refractivity contribution in [2.45, 2.75) is 18.7 Å². The molecule has 0 heterocycles. The zero-order chi connectivity index (χ0) is 23.8. The van der Waals surface area contributed by atoms with Gasteiger partial charge in [-0.1, -0.05) is 47.5 Å². The maximum atomic E-state index is 13.4. The number of hydrogen-bond acceptors (Lipinski definition) is 5. The first-order valence-electron chi connectivity index (χ1n) is 10.5. The topological polar surface area (TPSA) is 84.9 Å². The fourth-order valence-electron chi connectivity index (χ4n) is 3.14. The fourth-order valence-corrected chi connectivity index (χ4v) is 4.56. The minimum absolute atomic E-state index is 0.126. The lowest BCUT2D eigenvalue weighted by Gasteiger charge is -2.24. The molecule has 0 unspecified atom stereocenters. The van der Waals surface area contributed by atoms with Gasteiger partial charge in [-0.15, -0.1) is 0 Å². The van der Waals surface area contributed by atoms with Gasteiger partial charge in [-0.05, 0) is 50.2 Å². The molecule has 0 saturated carbocycles. The SMILES string of the molecule is COc1ccccc1OCCNC(=O)CN(c1ccc(C)cc1)S(=O)(=O)c1ccc(C)cc1. The molecule has 0 aliphatic rings. The predicted octanol–water partition coefficient (Wildman–Crippen LogP) is 3.70. The normalized spacial score (nSPS) is 11.0. The Labute approximate surface area is 195 Å². The van der Waals surface area contributed by atoms with Gasteiger partial charge in [0, 0.05) is 0 Å². The highest BCUT2D eigenvalue weighted by molar-refractivity contribution is 7.92. The molecule has 8 heteroatoms. The summed E-state index contributed by atoms with van der Waals surface area (Å²) in [7, 11) is -2.38. The second-order valence-corrected chi connectivity index (χ2v) is 9.37. The van der Waals surface area contributed by atoms with Crippen molar-refractivity contribution in [3.8, 4) is 11.5 Å². The van der Waals surface area contributed by atoms with Crippen LogP contribution in [-0.4, -0.2) is 41.1 Å². The van der Waals surface area contributed by atoms with Crippen LogP contribution in [0.25, 0.3) is 0 Å². The molecule has 7 nitrogen and oxygen atoms in total. The molecular formula is C25H28N2O5S.